The number of H-pyrrole nitrogens is 1. The lowest BCUT2D eigenvalue weighted by Crippen LogP contribution is -2.29. The average Bonchev–Trinajstić information content (AvgIpc) is 3.03. The first kappa shape index (κ1) is 19.8. The van der Waals surface area contributed by atoms with Gasteiger partial charge in [-0.15, -0.1) is 0 Å². The van der Waals surface area contributed by atoms with Gasteiger partial charge in [0.15, 0.2) is 0 Å². The molecular weight excluding hydrogens is 370 g/mol. The Morgan fingerprint density at radius 2 is 1.72 bits per heavy atom. The van der Waals surface area contributed by atoms with Crippen LogP contribution >= 0.6 is 0 Å². The number of hydrogen-bond donors (Lipinski definition) is 3. The molecule has 3 N–H and O–H groups in total. The summed E-state index contributed by atoms with van der Waals surface area (Å²) in [7, 11) is 0. The Labute approximate surface area is 167 Å². The molecule has 0 aliphatic rings. The van der Waals surface area contributed by atoms with E-state index in [1.54, 1.807) is 31.2 Å². The molecule has 0 radical (unpaired) electrons. The van der Waals surface area contributed by atoms with Crippen LogP contribution in [0.4, 0.5) is 0 Å². The van der Waals surface area contributed by atoms with Crippen molar-refractivity contribution in [1.29, 1.82) is 0 Å². The van der Waals surface area contributed by atoms with Crippen molar-refractivity contribution in [2.75, 3.05) is 6.54 Å². The molecule has 1 heterocycles. The van der Waals surface area contributed by atoms with Crippen LogP contribution in [-0.4, -0.2) is 34.4 Å². The van der Waals surface area contributed by atoms with Gasteiger partial charge in [-0.25, -0.2) is 10.1 Å². The van der Waals surface area contributed by atoms with E-state index in [0.29, 0.717) is 22.5 Å². The predicted octanol–water partition coefficient (Wildman–Crippen LogP) is 1.74. The van der Waals surface area contributed by atoms with E-state index < -0.39 is 0 Å². The first-order chi connectivity index (χ1) is 14.1. The molecule has 0 aliphatic heterocycles. The molecule has 8 heteroatoms. The summed E-state index contributed by atoms with van der Waals surface area (Å²) in [6, 6.07) is 17.9. The Morgan fingerprint density at radius 1 is 1.07 bits per heavy atom. The molecule has 2 amide bonds. The van der Waals surface area contributed by atoms with Crippen molar-refractivity contribution in [3.8, 4) is 5.69 Å². The number of benzene rings is 2. The molecule has 148 valence electrons. The predicted molar refractivity (Wildman–Crippen MR) is 110 cm³/mol. The highest BCUT2D eigenvalue weighted by Gasteiger charge is 2.10. The first-order valence-electron chi connectivity index (χ1n) is 9.08. The third-order valence-electron chi connectivity index (χ3n) is 4.19. The number of nitrogens with one attached hydrogen (secondary N) is 3. The average molecular weight is 391 g/mol. The van der Waals surface area contributed by atoms with Crippen molar-refractivity contribution in [3.63, 3.8) is 0 Å². The summed E-state index contributed by atoms with van der Waals surface area (Å²) in [6.45, 7) is 1.93. The van der Waals surface area contributed by atoms with Crippen molar-refractivity contribution >= 4 is 18.0 Å². The summed E-state index contributed by atoms with van der Waals surface area (Å²) in [4.78, 5) is 36.3. The number of rotatable bonds is 7. The molecule has 0 saturated carbocycles. The third-order valence-corrected chi connectivity index (χ3v) is 4.19. The molecule has 0 aliphatic carbocycles. The van der Waals surface area contributed by atoms with Crippen LogP contribution in [0.3, 0.4) is 0 Å². The number of aryl methyl sites for hydroxylation is 1. The molecule has 29 heavy (non-hydrogen) atoms. The van der Waals surface area contributed by atoms with E-state index in [0.717, 1.165) is 0 Å². The molecule has 0 atom stereocenters. The smallest absolute Gasteiger partial charge is 0.280 e. The monoisotopic (exact) mass is 391 g/mol. The van der Waals surface area contributed by atoms with Gasteiger partial charge in [0.25, 0.3) is 11.5 Å². The topological polar surface area (TPSA) is 108 Å². The van der Waals surface area contributed by atoms with E-state index >= 15 is 0 Å². The van der Waals surface area contributed by atoms with Crippen molar-refractivity contribution in [1.82, 2.24) is 20.5 Å². The summed E-state index contributed by atoms with van der Waals surface area (Å²) < 4.78 is 1.41. The van der Waals surface area contributed by atoms with Gasteiger partial charge in [-0.1, -0.05) is 36.4 Å². The largest absolute Gasteiger partial charge is 0.352 e. The maximum atomic E-state index is 12.5. The zero-order valence-electron chi connectivity index (χ0n) is 15.9. The second-order valence-corrected chi connectivity index (χ2v) is 6.29. The van der Waals surface area contributed by atoms with E-state index in [-0.39, 0.29) is 30.3 Å². The van der Waals surface area contributed by atoms with Crippen molar-refractivity contribution in [2.45, 2.75) is 13.3 Å². The minimum atomic E-state index is -0.369. The van der Waals surface area contributed by atoms with Crippen LogP contribution in [0.25, 0.3) is 5.69 Å². The summed E-state index contributed by atoms with van der Waals surface area (Å²) in [5, 5.41) is 9.51. The van der Waals surface area contributed by atoms with Gasteiger partial charge in [-0.2, -0.15) is 5.10 Å². The second-order valence-electron chi connectivity index (χ2n) is 6.29. The molecule has 3 aromatic rings. The maximum Gasteiger partial charge on any atom is 0.280 e. The first-order valence-corrected chi connectivity index (χ1v) is 9.08. The van der Waals surface area contributed by atoms with Crippen LogP contribution in [0.1, 0.15) is 28.0 Å². The lowest BCUT2D eigenvalue weighted by atomic mass is 10.2. The molecule has 0 saturated heterocycles. The van der Waals surface area contributed by atoms with Gasteiger partial charge in [0, 0.05) is 24.2 Å². The van der Waals surface area contributed by atoms with Crippen molar-refractivity contribution in [3.05, 3.63) is 87.8 Å². The van der Waals surface area contributed by atoms with E-state index in [1.165, 1.54) is 10.9 Å². The zero-order chi connectivity index (χ0) is 20.6. The van der Waals surface area contributed by atoms with Crippen LogP contribution < -0.4 is 16.3 Å². The highest BCUT2D eigenvalue weighted by Crippen LogP contribution is 2.05. The molecule has 0 unspecified atom stereocenters. The number of amides is 2. The molecule has 2 aromatic carbocycles. The minimum absolute atomic E-state index is 0.0658. The number of nitrogens with zero attached hydrogens (tertiary/aromatic N) is 2. The van der Waals surface area contributed by atoms with Gasteiger partial charge in [0.05, 0.1) is 17.5 Å². The quantitative estimate of drug-likeness (QED) is 0.422. The number of aromatic nitrogens is 2. The Kier molecular flexibility index (Phi) is 6.36. The van der Waals surface area contributed by atoms with Crippen molar-refractivity contribution < 1.29 is 9.59 Å². The lowest BCUT2D eigenvalue weighted by molar-refractivity contribution is -0.120. The van der Waals surface area contributed by atoms with Crippen LogP contribution in [0.15, 0.2) is 70.6 Å². The number of carbonyl (C=O) groups is 2. The van der Waals surface area contributed by atoms with Gasteiger partial charge < -0.3 is 5.32 Å². The van der Waals surface area contributed by atoms with Crippen LogP contribution in [0, 0.1) is 6.92 Å². The van der Waals surface area contributed by atoms with Gasteiger partial charge >= 0.3 is 0 Å². The van der Waals surface area contributed by atoms with Gasteiger partial charge in [-0.05, 0) is 31.2 Å². The Morgan fingerprint density at radius 3 is 2.41 bits per heavy atom. The van der Waals surface area contributed by atoms with E-state index in [1.807, 2.05) is 36.4 Å². The Balaban J connectivity index is 1.52. The summed E-state index contributed by atoms with van der Waals surface area (Å²) in [6.07, 6.45) is 1.38. The van der Waals surface area contributed by atoms with E-state index in [2.05, 4.69) is 20.9 Å². The van der Waals surface area contributed by atoms with Crippen LogP contribution in [0.2, 0.25) is 0 Å². The number of carbonyl (C=O) groups excluding carboxylic acids is 2. The van der Waals surface area contributed by atoms with E-state index in [9.17, 15) is 14.4 Å². The van der Waals surface area contributed by atoms with Crippen LogP contribution in [-0.2, 0) is 4.79 Å². The zero-order valence-corrected chi connectivity index (χ0v) is 15.9. The van der Waals surface area contributed by atoms with Gasteiger partial charge in [-0.3, -0.25) is 19.5 Å². The summed E-state index contributed by atoms with van der Waals surface area (Å²) in [5.41, 5.74) is 4.33. The number of para-hydroxylation sites is 1. The molecular formula is C21H21N5O3. The molecule has 1 aromatic heterocycles. The number of aromatic amines is 1. The molecule has 3 rings (SSSR count). The highest BCUT2D eigenvalue weighted by molar-refractivity contribution is 5.94. The normalized spacial score (nSPS) is 10.8. The standard InChI is InChI=1S/C21H21N5O3/c1-15-18(21(29)26(25-15)17-10-6-3-7-11-17)14-23-24-19(27)12-13-22-20(28)16-8-4-2-5-9-16/h2-11,14,25H,12-13H2,1H3,(H,22,28)(H,24,27). The van der Waals surface area contributed by atoms with Crippen molar-refractivity contribution in [2.24, 2.45) is 5.10 Å². The molecule has 8 nitrogen and oxygen atoms in total. The SMILES string of the molecule is Cc1[nH]n(-c2ccccc2)c(=O)c1C=NNC(=O)CCNC(=O)c1ccccc1. The Hall–Kier alpha value is -3.94. The second kappa shape index (κ2) is 9.32. The fourth-order valence-electron chi connectivity index (χ4n) is 2.68. The van der Waals surface area contributed by atoms with Gasteiger partial charge in [0.2, 0.25) is 5.91 Å². The fourth-order valence-corrected chi connectivity index (χ4v) is 2.68. The fraction of sp³-hybridized carbons (Fsp3) is 0.143. The number of hydrogen-bond acceptors (Lipinski definition) is 4. The molecule has 0 bridgehead atoms. The minimum Gasteiger partial charge on any atom is -0.352 e. The van der Waals surface area contributed by atoms with Gasteiger partial charge in [0.1, 0.15) is 0 Å². The Bertz CT molecular complexity index is 1070. The maximum absolute atomic E-state index is 12.5. The summed E-state index contributed by atoms with van der Waals surface area (Å²) >= 11 is 0. The van der Waals surface area contributed by atoms with Crippen LogP contribution in [0.5, 0.6) is 0 Å². The number of hydrazone groups is 1. The summed E-state index contributed by atoms with van der Waals surface area (Å²) in [5.74, 6) is -0.613. The lowest BCUT2D eigenvalue weighted by Gasteiger charge is -2.04. The highest BCUT2D eigenvalue weighted by atomic mass is 16.2. The molecule has 0 fully saturated rings. The van der Waals surface area contributed by atoms with E-state index in [4.69, 9.17) is 0 Å². The molecule has 0 spiro atoms. The third kappa shape index (κ3) is 5.07.